The highest BCUT2D eigenvalue weighted by atomic mass is 16.5. The summed E-state index contributed by atoms with van der Waals surface area (Å²) in [6.45, 7) is 0.191. The number of hydrogen-bond acceptors (Lipinski definition) is 5. The summed E-state index contributed by atoms with van der Waals surface area (Å²) in [4.78, 5) is 37.0. The summed E-state index contributed by atoms with van der Waals surface area (Å²) >= 11 is 0. The number of rotatable bonds is 7. The molecule has 1 heterocycles. The third-order valence-electron chi connectivity index (χ3n) is 5.51. The van der Waals surface area contributed by atoms with Crippen LogP contribution in [0.3, 0.4) is 0 Å². The highest BCUT2D eigenvalue weighted by molar-refractivity contribution is 5.96. The summed E-state index contributed by atoms with van der Waals surface area (Å²) in [5.74, 6) is -0.790. The van der Waals surface area contributed by atoms with Crippen molar-refractivity contribution in [3.8, 4) is 5.69 Å². The number of hydrogen-bond donors (Lipinski definition) is 2. The summed E-state index contributed by atoms with van der Waals surface area (Å²) < 4.78 is 6.53. The zero-order valence-electron chi connectivity index (χ0n) is 17.7. The van der Waals surface area contributed by atoms with E-state index in [4.69, 9.17) is 4.74 Å². The SMILES string of the molecule is COC(=O)c1cc(CNC(=O)c2ccc(-n3cccn3)cc2)cc(NC(=O)C2CCC2)c1. The average molecular weight is 432 g/mol. The molecule has 2 N–H and O–H groups in total. The van der Waals surface area contributed by atoms with Crippen molar-refractivity contribution in [2.24, 2.45) is 5.92 Å². The van der Waals surface area contributed by atoms with Gasteiger partial charge in [0.15, 0.2) is 0 Å². The monoisotopic (exact) mass is 432 g/mol. The van der Waals surface area contributed by atoms with Crippen LogP contribution >= 0.6 is 0 Å². The van der Waals surface area contributed by atoms with E-state index >= 15 is 0 Å². The van der Waals surface area contributed by atoms with Gasteiger partial charge in [-0.25, -0.2) is 9.48 Å². The number of carbonyl (C=O) groups is 3. The number of esters is 1. The zero-order valence-corrected chi connectivity index (χ0v) is 17.7. The predicted molar refractivity (Wildman–Crippen MR) is 118 cm³/mol. The number of benzene rings is 2. The molecule has 4 rings (SSSR count). The van der Waals surface area contributed by atoms with Crippen LogP contribution < -0.4 is 10.6 Å². The van der Waals surface area contributed by atoms with Crippen molar-refractivity contribution in [1.29, 1.82) is 0 Å². The first-order valence-corrected chi connectivity index (χ1v) is 10.4. The molecule has 1 fully saturated rings. The Morgan fingerprint density at radius 3 is 2.50 bits per heavy atom. The van der Waals surface area contributed by atoms with E-state index in [0.29, 0.717) is 22.4 Å². The van der Waals surface area contributed by atoms with Gasteiger partial charge in [0.2, 0.25) is 5.91 Å². The molecule has 0 atom stereocenters. The van der Waals surface area contributed by atoms with Gasteiger partial charge in [-0.2, -0.15) is 5.10 Å². The number of carbonyl (C=O) groups excluding carboxylic acids is 3. The van der Waals surface area contributed by atoms with Crippen LogP contribution in [-0.4, -0.2) is 34.7 Å². The number of methoxy groups -OCH3 is 1. The molecular formula is C24H24N4O4. The number of ether oxygens (including phenoxy) is 1. The molecule has 0 aliphatic heterocycles. The van der Waals surface area contributed by atoms with Crippen LogP contribution in [0.4, 0.5) is 5.69 Å². The maximum atomic E-state index is 12.6. The maximum absolute atomic E-state index is 12.6. The summed E-state index contributed by atoms with van der Waals surface area (Å²) in [6.07, 6.45) is 6.33. The lowest BCUT2D eigenvalue weighted by Gasteiger charge is -2.24. The van der Waals surface area contributed by atoms with Crippen LogP contribution in [0, 0.1) is 5.92 Å². The minimum absolute atomic E-state index is 0.0182. The van der Waals surface area contributed by atoms with Crippen molar-refractivity contribution in [1.82, 2.24) is 15.1 Å². The normalized spacial score (nSPS) is 13.2. The van der Waals surface area contributed by atoms with Gasteiger partial charge in [0.25, 0.3) is 5.91 Å². The molecule has 3 aromatic rings. The number of nitrogens with zero attached hydrogens (tertiary/aromatic N) is 2. The lowest BCUT2D eigenvalue weighted by Crippen LogP contribution is -2.28. The number of anilines is 1. The van der Waals surface area contributed by atoms with Gasteiger partial charge in [0.1, 0.15) is 0 Å². The molecule has 8 nitrogen and oxygen atoms in total. The molecule has 1 aromatic heterocycles. The first-order chi connectivity index (χ1) is 15.5. The lowest BCUT2D eigenvalue weighted by molar-refractivity contribution is -0.122. The molecule has 1 aliphatic carbocycles. The van der Waals surface area contributed by atoms with Gasteiger partial charge in [0, 0.05) is 36.1 Å². The summed E-state index contributed by atoms with van der Waals surface area (Å²) in [6, 6.07) is 13.9. The van der Waals surface area contributed by atoms with Crippen LogP contribution in [0.1, 0.15) is 45.5 Å². The number of amides is 2. The summed E-state index contributed by atoms with van der Waals surface area (Å²) in [5.41, 5.74) is 2.86. The third-order valence-corrected chi connectivity index (χ3v) is 5.51. The summed E-state index contributed by atoms with van der Waals surface area (Å²) in [7, 11) is 1.30. The maximum Gasteiger partial charge on any atom is 0.337 e. The predicted octanol–water partition coefficient (Wildman–Crippen LogP) is 3.33. The molecule has 0 saturated heterocycles. The van der Waals surface area contributed by atoms with E-state index in [1.54, 1.807) is 41.2 Å². The smallest absolute Gasteiger partial charge is 0.337 e. The van der Waals surface area contributed by atoms with Gasteiger partial charge in [-0.3, -0.25) is 9.59 Å². The van der Waals surface area contributed by atoms with Crippen molar-refractivity contribution in [2.45, 2.75) is 25.8 Å². The van der Waals surface area contributed by atoms with Gasteiger partial charge in [-0.15, -0.1) is 0 Å². The lowest BCUT2D eigenvalue weighted by atomic mass is 9.85. The van der Waals surface area contributed by atoms with Gasteiger partial charge in [-0.1, -0.05) is 6.42 Å². The minimum atomic E-state index is -0.508. The molecule has 164 valence electrons. The van der Waals surface area contributed by atoms with E-state index in [2.05, 4.69) is 15.7 Å². The van der Waals surface area contributed by atoms with Gasteiger partial charge in [-0.05, 0) is 66.9 Å². The van der Waals surface area contributed by atoms with E-state index in [9.17, 15) is 14.4 Å². The fraction of sp³-hybridized carbons (Fsp3) is 0.250. The van der Waals surface area contributed by atoms with Crippen LogP contribution in [0.2, 0.25) is 0 Å². The molecule has 32 heavy (non-hydrogen) atoms. The second kappa shape index (κ2) is 9.47. The highest BCUT2D eigenvalue weighted by Crippen LogP contribution is 2.28. The fourth-order valence-corrected chi connectivity index (χ4v) is 3.49. The summed E-state index contributed by atoms with van der Waals surface area (Å²) in [5, 5.41) is 9.89. The minimum Gasteiger partial charge on any atom is -0.465 e. The van der Waals surface area contributed by atoms with Crippen molar-refractivity contribution in [2.75, 3.05) is 12.4 Å². The average Bonchev–Trinajstić information content (AvgIpc) is 3.30. The van der Waals surface area contributed by atoms with E-state index in [0.717, 1.165) is 24.9 Å². The van der Waals surface area contributed by atoms with Crippen LogP contribution in [0.25, 0.3) is 5.69 Å². The van der Waals surface area contributed by atoms with Gasteiger partial charge >= 0.3 is 5.97 Å². The Hall–Kier alpha value is -3.94. The van der Waals surface area contributed by atoms with Crippen LogP contribution in [-0.2, 0) is 16.1 Å². The Balaban J connectivity index is 1.45. The molecule has 2 aromatic carbocycles. The molecule has 0 spiro atoms. The van der Waals surface area contributed by atoms with E-state index < -0.39 is 5.97 Å². The highest BCUT2D eigenvalue weighted by Gasteiger charge is 2.25. The van der Waals surface area contributed by atoms with Crippen molar-refractivity contribution in [3.63, 3.8) is 0 Å². The molecule has 8 heteroatoms. The van der Waals surface area contributed by atoms with E-state index in [1.165, 1.54) is 7.11 Å². The second-order valence-corrected chi connectivity index (χ2v) is 7.71. The molecule has 2 amide bonds. The topological polar surface area (TPSA) is 102 Å². The first-order valence-electron chi connectivity index (χ1n) is 10.4. The third kappa shape index (κ3) is 4.85. The Bertz CT molecular complexity index is 1120. The number of aromatic nitrogens is 2. The Labute approximate surface area is 185 Å². The quantitative estimate of drug-likeness (QED) is 0.558. The fourth-order valence-electron chi connectivity index (χ4n) is 3.49. The van der Waals surface area contributed by atoms with E-state index in [-0.39, 0.29) is 24.3 Å². The zero-order chi connectivity index (χ0) is 22.5. The van der Waals surface area contributed by atoms with Crippen molar-refractivity contribution in [3.05, 3.63) is 77.6 Å². The largest absolute Gasteiger partial charge is 0.465 e. The molecule has 1 saturated carbocycles. The van der Waals surface area contributed by atoms with Gasteiger partial charge < -0.3 is 15.4 Å². The molecule has 0 bridgehead atoms. The molecule has 0 unspecified atom stereocenters. The van der Waals surface area contributed by atoms with Crippen molar-refractivity contribution < 1.29 is 19.1 Å². The van der Waals surface area contributed by atoms with Crippen LogP contribution in [0.5, 0.6) is 0 Å². The molecular weight excluding hydrogens is 408 g/mol. The molecule has 1 aliphatic rings. The Kier molecular flexibility index (Phi) is 6.30. The first kappa shape index (κ1) is 21.3. The Morgan fingerprint density at radius 1 is 1.09 bits per heavy atom. The standard InChI is InChI=1S/C24H24N4O4/c1-32-24(31)19-12-16(13-20(14-19)27-23(30)17-4-2-5-17)15-25-22(29)18-6-8-21(9-7-18)28-11-3-10-26-28/h3,6-14,17H,2,4-5,15H2,1H3,(H,25,29)(H,27,30). The number of nitrogens with one attached hydrogen (secondary N) is 2. The van der Waals surface area contributed by atoms with E-state index in [1.807, 2.05) is 24.4 Å². The van der Waals surface area contributed by atoms with Crippen molar-refractivity contribution >= 4 is 23.5 Å². The second-order valence-electron chi connectivity index (χ2n) is 7.71. The van der Waals surface area contributed by atoms with Crippen LogP contribution in [0.15, 0.2) is 60.9 Å². The van der Waals surface area contributed by atoms with Gasteiger partial charge in [0.05, 0.1) is 18.4 Å². The molecule has 0 radical (unpaired) electrons. The Morgan fingerprint density at radius 2 is 1.88 bits per heavy atom.